The molecule has 1 aliphatic rings. The Hall–Kier alpha value is -3.99. The lowest BCUT2D eigenvalue weighted by molar-refractivity contribution is 0.0432. The highest BCUT2D eigenvalue weighted by Gasteiger charge is 2.20. The highest BCUT2D eigenvalue weighted by molar-refractivity contribution is 7.92. The van der Waals surface area contributed by atoms with Crippen LogP contribution in [0.4, 0.5) is 5.69 Å². The number of esters is 2. The second kappa shape index (κ2) is 9.25. The Bertz CT molecular complexity index is 1280. The third-order valence-electron chi connectivity index (χ3n) is 4.68. The topological polar surface area (TPSA) is 130 Å². The zero-order valence-corrected chi connectivity index (χ0v) is 18.2. The molecule has 1 aliphatic heterocycles. The molecular weight excluding hydrogens is 454 g/mol. The van der Waals surface area contributed by atoms with E-state index in [1.54, 1.807) is 0 Å². The Morgan fingerprint density at radius 1 is 0.970 bits per heavy atom. The largest absolute Gasteiger partial charge is 0.486 e. The highest BCUT2D eigenvalue weighted by atomic mass is 32.2. The summed E-state index contributed by atoms with van der Waals surface area (Å²) in [5.41, 5.74) is 0.595. The van der Waals surface area contributed by atoms with Gasteiger partial charge in [-0.25, -0.2) is 18.0 Å². The van der Waals surface area contributed by atoms with Crippen molar-refractivity contribution < 1.29 is 41.4 Å². The summed E-state index contributed by atoms with van der Waals surface area (Å²) in [6.07, 6.45) is 1.29. The molecule has 3 aromatic rings. The fourth-order valence-corrected chi connectivity index (χ4v) is 4.11. The maximum Gasteiger partial charge on any atom is 0.341 e. The van der Waals surface area contributed by atoms with E-state index < -0.39 is 22.0 Å². The van der Waals surface area contributed by atoms with Gasteiger partial charge in [0.05, 0.1) is 23.8 Å². The van der Waals surface area contributed by atoms with Crippen LogP contribution in [-0.2, 0) is 26.1 Å². The number of hydrogen-bond donors (Lipinski definition) is 1. The van der Waals surface area contributed by atoms with Crippen molar-refractivity contribution in [1.82, 2.24) is 0 Å². The number of nitrogens with one attached hydrogen (secondary N) is 1. The van der Waals surface area contributed by atoms with Crippen LogP contribution in [0.15, 0.2) is 64.1 Å². The summed E-state index contributed by atoms with van der Waals surface area (Å²) < 4.78 is 53.6. The van der Waals surface area contributed by atoms with Crippen molar-refractivity contribution in [3.8, 4) is 11.5 Å². The molecule has 0 aliphatic carbocycles. The molecule has 0 radical (unpaired) electrons. The fourth-order valence-electron chi connectivity index (χ4n) is 3.04. The zero-order valence-electron chi connectivity index (χ0n) is 17.4. The van der Waals surface area contributed by atoms with E-state index in [9.17, 15) is 18.0 Å². The van der Waals surface area contributed by atoms with Crippen LogP contribution in [0.25, 0.3) is 0 Å². The smallest absolute Gasteiger partial charge is 0.341 e. The fraction of sp³-hybridized carbons (Fsp3) is 0.182. The number of hydrogen-bond acceptors (Lipinski definition) is 9. The van der Waals surface area contributed by atoms with E-state index in [0.29, 0.717) is 24.7 Å². The summed E-state index contributed by atoms with van der Waals surface area (Å²) in [5.74, 6) is -0.294. The van der Waals surface area contributed by atoms with Crippen LogP contribution >= 0.6 is 0 Å². The minimum absolute atomic E-state index is 0.00935. The highest BCUT2D eigenvalue weighted by Crippen LogP contribution is 2.32. The van der Waals surface area contributed by atoms with Gasteiger partial charge in [-0.15, -0.1) is 0 Å². The molecule has 0 unspecified atom stereocenters. The molecule has 0 bridgehead atoms. The normalized spacial score (nSPS) is 12.6. The van der Waals surface area contributed by atoms with Gasteiger partial charge in [-0.1, -0.05) is 0 Å². The summed E-state index contributed by atoms with van der Waals surface area (Å²) in [6.45, 7) is 0.472. The number of fused-ring (bicyclic) bond motifs is 1. The molecule has 11 heteroatoms. The third kappa shape index (κ3) is 4.93. The van der Waals surface area contributed by atoms with Crippen LogP contribution < -0.4 is 14.2 Å². The maximum absolute atomic E-state index is 12.7. The molecule has 10 nitrogen and oxygen atoms in total. The van der Waals surface area contributed by atoms with Crippen LogP contribution in [-0.4, -0.2) is 40.7 Å². The SMILES string of the molecule is COC(=O)c1ccoc1COC(=O)c1ccc(NS(=O)(=O)c2ccc3c(c2)OCCO3)cc1. The number of sulfonamides is 1. The van der Waals surface area contributed by atoms with Crippen LogP contribution in [0, 0.1) is 0 Å². The first kappa shape index (κ1) is 22.2. The van der Waals surface area contributed by atoms with Gasteiger partial charge in [0.2, 0.25) is 0 Å². The number of carbonyl (C=O) groups is 2. The van der Waals surface area contributed by atoms with Crippen molar-refractivity contribution in [1.29, 1.82) is 0 Å². The average molecular weight is 473 g/mol. The second-order valence-corrected chi connectivity index (χ2v) is 8.50. The maximum atomic E-state index is 12.7. The van der Waals surface area contributed by atoms with E-state index in [4.69, 9.17) is 18.6 Å². The molecule has 2 aromatic carbocycles. The molecule has 0 saturated heterocycles. The van der Waals surface area contributed by atoms with Crippen molar-refractivity contribution in [2.75, 3.05) is 25.0 Å². The number of ether oxygens (including phenoxy) is 4. The van der Waals surface area contributed by atoms with E-state index >= 15 is 0 Å². The van der Waals surface area contributed by atoms with E-state index in [1.165, 1.54) is 61.9 Å². The molecule has 4 rings (SSSR count). The summed E-state index contributed by atoms with van der Waals surface area (Å²) in [7, 11) is -2.66. The molecule has 0 spiro atoms. The van der Waals surface area contributed by atoms with Gasteiger partial charge in [-0.3, -0.25) is 4.72 Å². The van der Waals surface area contributed by atoms with Gasteiger partial charge < -0.3 is 23.4 Å². The predicted octanol–water partition coefficient (Wildman–Crippen LogP) is 3.00. The number of rotatable bonds is 7. The van der Waals surface area contributed by atoms with Crippen LogP contribution in [0.5, 0.6) is 11.5 Å². The van der Waals surface area contributed by atoms with Crippen molar-refractivity contribution in [2.45, 2.75) is 11.5 Å². The molecule has 0 atom stereocenters. The van der Waals surface area contributed by atoms with Crippen molar-refractivity contribution in [3.63, 3.8) is 0 Å². The van der Waals surface area contributed by atoms with E-state index in [0.717, 1.165) is 0 Å². The van der Waals surface area contributed by atoms with E-state index in [-0.39, 0.29) is 34.1 Å². The third-order valence-corrected chi connectivity index (χ3v) is 6.06. The minimum atomic E-state index is -3.89. The molecule has 1 aromatic heterocycles. The summed E-state index contributed by atoms with van der Waals surface area (Å²) >= 11 is 0. The summed E-state index contributed by atoms with van der Waals surface area (Å²) in [4.78, 5) is 24.0. The Morgan fingerprint density at radius 2 is 1.70 bits per heavy atom. The minimum Gasteiger partial charge on any atom is -0.486 e. The van der Waals surface area contributed by atoms with Crippen molar-refractivity contribution >= 4 is 27.6 Å². The Morgan fingerprint density at radius 3 is 2.42 bits per heavy atom. The van der Waals surface area contributed by atoms with E-state index in [2.05, 4.69) is 9.46 Å². The molecule has 1 N–H and O–H groups in total. The Labute approximate surface area is 189 Å². The Balaban J connectivity index is 1.40. The molecule has 2 heterocycles. The van der Waals surface area contributed by atoms with Gasteiger partial charge in [0, 0.05) is 11.8 Å². The monoisotopic (exact) mass is 473 g/mol. The van der Waals surface area contributed by atoms with Crippen LogP contribution in [0.1, 0.15) is 26.5 Å². The second-order valence-electron chi connectivity index (χ2n) is 6.81. The summed E-state index contributed by atoms with van der Waals surface area (Å²) in [6, 6.07) is 11.4. The lowest BCUT2D eigenvalue weighted by atomic mass is 10.2. The van der Waals surface area contributed by atoms with Crippen molar-refractivity contribution in [2.24, 2.45) is 0 Å². The lowest BCUT2D eigenvalue weighted by Crippen LogP contribution is -2.17. The first-order valence-corrected chi connectivity index (χ1v) is 11.2. The quantitative estimate of drug-likeness (QED) is 0.515. The van der Waals surface area contributed by atoms with Crippen LogP contribution in [0.3, 0.4) is 0 Å². The van der Waals surface area contributed by atoms with Gasteiger partial charge >= 0.3 is 11.9 Å². The molecule has 33 heavy (non-hydrogen) atoms. The molecule has 0 amide bonds. The molecule has 0 fully saturated rings. The van der Waals surface area contributed by atoms with Gasteiger partial charge in [0.25, 0.3) is 10.0 Å². The Kier molecular flexibility index (Phi) is 6.22. The zero-order chi connectivity index (χ0) is 23.4. The first-order valence-electron chi connectivity index (χ1n) is 9.72. The van der Waals surface area contributed by atoms with Crippen molar-refractivity contribution in [3.05, 3.63) is 71.7 Å². The standard InChI is InChI=1S/C22H19NO9S/c1-28-22(25)17-8-9-29-20(17)13-32-21(24)14-2-4-15(5-3-14)23-33(26,27)16-6-7-18-19(12-16)31-11-10-30-18/h2-9,12,23H,10-11,13H2,1H3. The molecule has 0 saturated carbocycles. The van der Waals surface area contributed by atoms with E-state index in [1.807, 2.05) is 0 Å². The summed E-state index contributed by atoms with van der Waals surface area (Å²) in [5, 5.41) is 0. The van der Waals surface area contributed by atoms with Gasteiger partial charge in [-0.05, 0) is 42.5 Å². The number of carbonyl (C=O) groups excluding carboxylic acids is 2. The lowest BCUT2D eigenvalue weighted by Gasteiger charge is -2.19. The number of methoxy groups -OCH3 is 1. The van der Waals surface area contributed by atoms with Gasteiger partial charge in [0.1, 0.15) is 18.8 Å². The van der Waals surface area contributed by atoms with Gasteiger partial charge in [0.15, 0.2) is 23.9 Å². The molecule has 172 valence electrons. The first-order chi connectivity index (χ1) is 15.9. The predicted molar refractivity (Wildman–Crippen MR) is 114 cm³/mol. The number of benzene rings is 2. The van der Waals surface area contributed by atoms with Crippen LogP contribution in [0.2, 0.25) is 0 Å². The number of furan rings is 1. The number of anilines is 1. The molecular formula is C22H19NO9S. The van der Waals surface area contributed by atoms with Gasteiger partial charge in [-0.2, -0.15) is 0 Å². The average Bonchev–Trinajstić information content (AvgIpc) is 3.30.